The molecule has 160 valence electrons. The fraction of sp³-hybridized carbons (Fsp3) is 0.0370. The lowest BCUT2D eigenvalue weighted by Gasteiger charge is -2.09. The summed E-state index contributed by atoms with van der Waals surface area (Å²) in [5.74, 6) is 2.77. The lowest BCUT2D eigenvalue weighted by atomic mass is 10.0. The van der Waals surface area contributed by atoms with Crippen LogP contribution in [0.3, 0.4) is 0 Å². The molecule has 33 heavy (non-hydrogen) atoms. The van der Waals surface area contributed by atoms with Crippen molar-refractivity contribution in [3.05, 3.63) is 108 Å². The minimum absolute atomic E-state index is 0.534. The molecular formula is C27H18N2O4. The Morgan fingerprint density at radius 1 is 0.485 bits per heavy atom. The summed E-state index contributed by atoms with van der Waals surface area (Å²) in [5.41, 5.74) is 3.37. The molecule has 4 aromatic rings. The van der Waals surface area contributed by atoms with Crippen LogP contribution < -0.4 is 9.47 Å². The highest BCUT2D eigenvalue weighted by Crippen LogP contribution is 2.26. The van der Waals surface area contributed by atoms with Crippen molar-refractivity contribution >= 4 is 23.5 Å². The maximum atomic E-state index is 10.3. The molecule has 0 N–H and O–H groups in total. The number of hydrogen-bond donors (Lipinski definition) is 0. The van der Waals surface area contributed by atoms with Crippen LogP contribution in [0.2, 0.25) is 0 Å². The van der Waals surface area contributed by atoms with Gasteiger partial charge in [0.15, 0.2) is 0 Å². The third kappa shape index (κ3) is 6.12. The molecule has 6 heteroatoms. The number of aliphatic imine (C=N–C) groups is 2. The molecule has 0 radical (unpaired) electrons. The molecule has 0 saturated heterocycles. The molecule has 0 fully saturated rings. The Bertz CT molecular complexity index is 1200. The first-order chi connectivity index (χ1) is 16.2. The van der Waals surface area contributed by atoms with Gasteiger partial charge in [-0.2, -0.15) is 9.98 Å². The zero-order valence-corrected chi connectivity index (χ0v) is 17.5. The van der Waals surface area contributed by atoms with Gasteiger partial charge >= 0.3 is 0 Å². The van der Waals surface area contributed by atoms with Crippen LogP contribution in [0, 0.1) is 0 Å². The molecule has 0 atom stereocenters. The second-order valence-corrected chi connectivity index (χ2v) is 7.06. The summed E-state index contributed by atoms with van der Waals surface area (Å²) in [4.78, 5) is 27.7. The van der Waals surface area contributed by atoms with Gasteiger partial charge in [-0.1, -0.05) is 24.3 Å². The van der Waals surface area contributed by atoms with Gasteiger partial charge in [-0.15, -0.1) is 0 Å². The van der Waals surface area contributed by atoms with Gasteiger partial charge in [0, 0.05) is 0 Å². The van der Waals surface area contributed by atoms with Gasteiger partial charge in [0.05, 0.1) is 11.4 Å². The second kappa shape index (κ2) is 10.5. The number of hydrogen-bond acceptors (Lipinski definition) is 6. The van der Waals surface area contributed by atoms with Crippen LogP contribution in [-0.4, -0.2) is 12.2 Å². The Labute approximate surface area is 190 Å². The first kappa shape index (κ1) is 21.5. The monoisotopic (exact) mass is 434 g/mol. The summed E-state index contributed by atoms with van der Waals surface area (Å²) in [7, 11) is 0. The predicted octanol–water partition coefficient (Wildman–Crippen LogP) is 6.80. The highest BCUT2D eigenvalue weighted by molar-refractivity contribution is 5.51. The van der Waals surface area contributed by atoms with Crippen molar-refractivity contribution in [2.45, 2.75) is 6.42 Å². The highest BCUT2D eigenvalue weighted by Gasteiger charge is 2.02. The smallest absolute Gasteiger partial charge is 0.240 e. The highest BCUT2D eigenvalue weighted by atomic mass is 16.5. The third-order valence-electron chi connectivity index (χ3n) is 4.75. The topological polar surface area (TPSA) is 77.3 Å². The number of nitrogens with zero attached hydrogens (tertiary/aromatic N) is 2. The van der Waals surface area contributed by atoms with E-state index in [2.05, 4.69) is 9.98 Å². The Morgan fingerprint density at radius 2 is 0.788 bits per heavy atom. The zero-order valence-electron chi connectivity index (χ0n) is 17.5. The average molecular weight is 434 g/mol. The molecular weight excluding hydrogens is 416 g/mol. The minimum atomic E-state index is 0.534. The lowest BCUT2D eigenvalue weighted by molar-refractivity contribution is 0.482. The summed E-state index contributed by atoms with van der Waals surface area (Å²) in [6, 6.07) is 29.5. The molecule has 0 spiro atoms. The van der Waals surface area contributed by atoms with Gasteiger partial charge in [0.25, 0.3) is 0 Å². The first-order valence-corrected chi connectivity index (χ1v) is 10.1. The van der Waals surface area contributed by atoms with Gasteiger partial charge in [0.1, 0.15) is 23.0 Å². The molecule has 0 aliphatic heterocycles. The quantitative estimate of drug-likeness (QED) is 0.226. The Balaban J connectivity index is 1.34. The number of benzene rings is 4. The summed E-state index contributed by atoms with van der Waals surface area (Å²) in [6.07, 6.45) is 3.80. The van der Waals surface area contributed by atoms with E-state index in [9.17, 15) is 9.59 Å². The average Bonchev–Trinajstić information content (AvgIpc) is 2.84. The van der Waals surface area contributed by atoms with Gasteiger partial charge in [0.2, 0.25) is 12.2 Å². The van der Waals surface area contributed by atoms with E-state index in [1.165, 1.54) is 12.2 Å². The molecule has 0 aromatic heterocycles. The van der Waals surface area contributed by atoms with E-state index in [1.807, 2.05) is 48.5 Å². The predicted molar refractivity (Wildman–Crippen MR) is 124 cm³/mol. The van der Waals surface area contributed by atoms with Crippen LogP contribution in [0.5, 0.6) is 23.0 Å². The SMILES string of the molecule is O=C=Nc1ccc(Oc2ccc(Cc3ccc(Oc4ccc(N=C=O)cc4)cc3)cc2)cc1. The van der Waals surface area contributed by atoms with Crippen LogP contribution in [-0.2, 0) is 16.0 Å². The fourth-order valence-corrected chi connectivity index (χ4v) is 3.14. The van der Waals surface area contributed by atoms with Gasteiger partial charge in [-0.3, -0.25) is 0 Å². The van der Waals surface area contributed by atoms with E-state index in [0.29, 0.717) is 22.9 Å². The largest absolute Gasteiger partial charge is 0.457 e. The molecule has 0 amide bonds. The molecule has 0 saturated carbocycles. The zero-order chi connectivity index (χ0) is 22.9. The van der Waals surface area contributed by atoms with Crippen molar-refractivity contribution in [2.24, 2.45) is 9.98 Å². The molecule has 0 heterocycles. The van der Waals surface area contributed by atoms with Crippen LogP contribution in [0.25, 0.3) is 0 Å². The lowest BCUT2D eigenvalue weighted by Crippen LogP contribution is -1.90. The standard InChI is InChI=1S/C27H18N2O4/c30-18-28-22-5-13-26(14-6-22)32-24-9-1-20(2-10-24)17-21-3-11-25(12-4-21)33-27-15-7-23(8-16-27)29-19-31/h1-16H,17H2. The minimum Gasteiger partial charge on any atom is -0.457 e. The molecule has 0 unspecified atom stereocenters. The van der Waals surface area contributed by atoms with Crippen LogP contribution in [0.1, 0.15) is 11.1 Å². The van der Waals surface area contributed by atoms with Crippen molar-refractivity contribution in [3.8, 4) is 23.0 Å². The van der Waals surface area contributed by atoms with Crippen LogP contribution >= 0.6 is 0 Å². The normalized spacial score (nSPS) is 9.94. The number of carbonyl (C=O) groups excluding carboxylic acids is 2. The summed E-state index contributed by atoms with van der Waals surface area (Å²) in [6.45, 7) is 0. The number of isocyanates is 2. The summed E-state index contributed by atoms with van der Waals surface area (Å²) < 4.78 is 11.7. The Kier molecular flexibility index (Phi) is 6.84. The van der Waals surface area contributed by atoms with Crippen molar-refractivity contribution < 1.29 is 19.1 Å². The summed E-state index contributed by atoms with van der Waals surface area (Å²) in [5, 5.41) is 0. The Morgan fingerprint density at radius 3 is 1.09 bits per heavy atom. The second-order valence-electron chi connectivity index (χ2n) is 7.06. The molecule has 0 aliphatic carbocycles. The molecule has 0 aliphatic rings. The van der Waals surface area contributed by atoms with Crippen molar-refractivity contribution in [2.75, 3.05) is 0 Å². The first-order valence-electron chi connectivity index (χ1n) is 10.1. The van der Waals surface area contributed by atoms with Crippen LogP contribution in [0.4, 0.5) is 11.4 Å². The number of rotatable bonds is 8. The van der Waals surface area contributed by atoms with E-state index in [-0.39, 0.29) is 0 Å². The van der Waals surface area contributed by atoms with E-state index in [4.69, 9.17) is 9.47 Å². The molecule has 0 bridgehead atoms. The van der Waals surface area contributed by atoms with Gasteiger partial charge in [-0.25, -0.2) is 9.59 Å². The van der Waals surface area contributed by atoms with Crippen LogP contribution in [0.15, 0.2) is 107 Å². The molecule has 4 aromatic carbocycles. The van der Waals surface area contributed by atoms with Crippen molar-refractivity contribution in [1.29, 1.82) is 0 Å². The maximum absolute atomic E-state index is 10.3. The van der Waals surface area contributed by atoms with E-state index in [1.54, 1.807) is 48.5 Å². The van der Waals surface area contributed by atoms with E-state index in [0.717, 1.165) is 29.0 Å². The van der Waals surface area contributed by atoms with Crippen molar-refractivity contribution in [1.82, 2.24) is 0 Å². The number of ether oxygens (including phenoxy) is 2. The molecule has 4 rings (SSSR count). The summed E-state index contributed by atoms with van der Waals surface area (Å²) >= 11 is 0. The van der Waals surface area contributed by atoms with Gasteiger partial charge < -0.3 is 9.47 Å². The van der Waals surface area contributed by atoms with Crippen molar-refractivity contribution in [3.63, 3.8) is 0 Å². The molecule has 6 nitrogen and oxygen atoms in total. The van der Waals surface area contributed by atoms with Gasteiger partial charge in [-0.05, 0) is 90.3 Å². The van der Waals surface area contributed by atoms with E-state index < -0.39 is 0 Å². The maximum Gasteiger partial charge on any atom is 0.240 e. The Hall–Kier alpha value is -4.76. The fourth-order valence-electron chi connectivity index (χ4n) is 3.14. The van der Waals surface area contributed by atoms with E-state index >= 15 is 0 Å². The third-order valence-corrected chi connectivity index (χ3v) is 4.75.